The number of hydrogen-bond donors (Lipinski definition) is 2. The first-order valence-electron chi connectivity index (χ1n) is 8.12. The molecule has 0 atom stereocenters. The molecule has 2 N–H and O–H groups in total. The molecule has 0 aliphatic rings. The Morgan fingerprint density at radius 2 is 1.95 bits per heavy atom. The summed E-state index contributed by atoms with van der Waals surface area (Å²) in [5.41, 5.74) is 2.32. The van der Waals surface area contributed by atoms with Gasteiger partial charge in [-0.3, -0.25) is 0 Å². The third-order valence-electron chi connectivity index (χ3n) is 3.73. The number of unbranched alkanes of at least 4 members (excludes halogenated alkanes) is 3. The summed E-state index contributed by atoms with van der Waals surface area (Å²) in [7, 11) is 0. The maximum Gasteiger partial charge on any atom is 0.123 e. The summed E-state index contributed by atoms with van der Waals surface area (Å²) < 4.78 is 2.33. The van der Waals surface area contributed by atoms with E-state index in [0.717, 1.165) is 56.7 Å². The summed E-state index contributed by atoms with van der Waals surface area (Å²) in [5, 5.41) is 12.2. The fraction of sp³-hybridized carbons (Fsp3) is 0.588. The number of hydrogen-bond acceptors (Lipinski definition) is 3. The normalized spacial score (nSPS) is 11.3. The van der Waals surface area contributed by atoms with Crippen LogP contribution in [0, 0.1) is 0 Å². The maximum atomic E-state index is 8.74. The molecule has 0 bridgehead atoms. The van der Waals surface area contributed by atoms with Gasteiger partial charge in [0.15, 0.2) is 0 Å². The van der Waals surface area contributed by atoms with Crippen LogP contribution in [0.4, 0.5) is 0 Å². The predicted molar refractivity (Wildman–Crippen MR) is 87.3 cm³/mol. The van der Waals surface area contributed by atoms with Crippen molar-refractivity contribution in [2.45, 2.75) is 52.1 Å². The largest absolute Gasteiger partial charge is 0.396 e. The van der Waals surface area contributed by atoms with Crippen molar-refractivity contribution in [1.29, 1.82) is 0 Å². The number of nitrogens with zero attached hydrogens (tertiary/aromatic N) is 2. The van der Waals surface area contributed by atoms with Gasteiger partial charge in [-0.2, -0.15) is 0 Å². The molecule has 0 aliphatic heterocycles. The zero-order valence-electron chi connectivity index (χ0n) is 13.0. The third kappa shape index (κ3) is 4.55. The molecule has 0 spiro atoms. The summed E-state index contributed by atoms with van der Waals surface area (Å²) in [6.07, 6.45) is 5.50. The molecule has 2 rings (SSSR count). The molecule has 4 heteroatoms. The Morgan fingerprint density at radius 3 is 2.76 bits per heavy atom. The average Bonchev–Trinajstić information content (AvgIpc) is 2.85. The van der Waals surface area contributed by atoms with Crippen LogP contribution >= 0.6 is 0 Å². The van der Waals surface area contributed by atoms with Gasteiger partial charge in [0.25, 0.3) is 0 Å². The van der Waals surface area contributed by atoms with Crippen LogP contribution in [0.5, 0.6) is 0 Å². The molecule has 1 aromatic carbocycles. The molecule has 1 aromatic heterocycles. The minimum absolute atomic E-state index is 0.314. The summed E-state index contributed by atoms with van der Waals surface area (Å²) >= 11 is 0. The molecule has 2 aromatic rings. The van der Waals surface area contributed by atoms with Gasteiger partial charge in [0.2, 0.25) is 0 Å². The van der Waals surface area contributed by atoms with Crippen LogP contribution in [0.2, 0.25) is 0 Å². The van der Waals surface area contributed by atoms with E-state index in [1.807, 2.05) is 6.07 Å². The van der Waals surface area contributed by atoms with E-state index in [0.29, 0.717) is 6.61 Å². The zero-order valence-corrected chi connectivity index (χ0v) is 13.0. The molecule has 0 fully saturated rings. The highest BCUT2D eigenvalue weighted by Crippen LogP contribution is 2.16. The van der Waals surface area contributed by atoms with Crippen molar-refractivity contribution in [3.05, 3.63) is 30.1 Å². The SMILES string of the molecule is CCCn1c(CNCCCCCCO)nc2ccccc21. The first kappa shape index (κ1) is 16.0. The highest BCUT2D eigenvalue weighted by atomic mass is 16.2. The van der Waals surface area contributed by atoms with Gasteiger partial charge in [0, 0.05) is 13.2 Å². The quantitative estimate of drug-likeness (QED) is 0.661. The molecule has 0 unspecified atom stereocenters. The lowest BCUT2D eigenvalue weighted by atomic mass is 10.2. The number of aromatic nitrogens is 2. The van der Waals surface area contributed by atoms with Gasteiger partial charge >= 0.3 is 0 Å². The Morgan fingerprint density at radius 1 is 1.14 bits per heavy atom. The molecule has 4 nitrogen and oxygen atoms in total. The topological polar surface area (TPSA) is 50.1 Å². The Balaban J connectivity index is 1.87. The average molecular weight is 289 g/mol. The van der Waals surface area contributed by atoms with Crippen molar-refractivity contribution in [2.24, 2.45) is 0 Å². The highest BCUT2D eigenvalue weighted by molar-refractivity contribution is 5.75. The van der Waals surface area contributed by atoms with E-state index < -0.39 is 0 Å². The summed E-state index contributed by atoms with van der Waals surface area (Å²) in [5.74, 6) is 1.13. The third-order valence-corrected chi connectivity index (χ3v) is 3.73. The van der Waals surface area contributed by atoms with E-state index >= 15 is 0 Å². The molecule has 0 radical (unpaired) electrons. The number of para-hydroxylation sites is 2. The van der Waals surface area contributed by atoms with E-state index in [9.17, 15) is 0 Å². The smallest absolute Gasteiger partial charge is 0.123 e. The molecule has 1 heterocycles. The maximum absolute atomic E-state index is 8.74. The second kappa shape index (κ2) is 8.80. The van der Waals surface area contributed by atoms with Crippen molar-refractivity contribution in [2.75, 3.05) is 13.2 Å². The zero-order chi connectivity index (χ0) is 14.9. The number of imidazole rings is 1. The summed E-state index contributed by atoms with van der Waals surface area (Å²) in [4.78, 5) is 4.75. The fourth-order valence-electron chi connectivity index (χ4n) is 2.65. The second-order valence-corrected chi connectivity index (χ2v) is 5.48. The molecule has 0 amide bonds. The molecule has 0 aliphatic carbocycles. The molecule has 116 valence electrons. The van der Waals surface area contributed by atoms with Crippen LogP contribution in [0.1, 0.15) is 44.9 Å². The first-order chi connectivity index (χ1) is 10.4. The minimum atomic E-state index is 0.314. The lowest BCUT2D eigenvalue weighted by molar-refractivity contribution is 0.282. The Labute approximate surface area is 127 Å². The Hall–Kier alpha value is -1.39. The van der Waals surface area contributed by atoms with E-state index in [4.69, 9.17) is 10.1 Å². The standard InChI is InChI=1S/C17H27N3O/c1-2-12-20-16-10-6-5-9-15(16)19-17(20)14-18-11-7-3-4-8-13-21/h5-6,9-10,18,21H,2-4,7-8,11-14H2,1H3. The van der Waals surface area contributed by atoms with Crippen LogP contribution < -0.4 is 5.32 Å². The number of aliphatic hydroxyl groups excluding tert-OH is 1. The van der Waals surface area contributed by atoms with Crippen LogP contribution in [0.25, 0.3) is 11.0 Å². The number of rotatable bonds is 10. The highest BCUT2D eigenvalue weighted by Gasteiger charge is 2.08. The minimum Gasteiger partial charge on any atom is -0.396 e. The van der Waals surface area contributed by atoms with Crippen LogP contribution in [-0.4, -0.2) is 27.8 Å². The molecular weight excluding hydrogens is 262 g/mol. The second-order valence-electron chi connectivity index (χ2n) is 5.48. The van der Waals surface area contributed by atoms with Gasteiger partial charge in [-0.15, -0.1) is 0 Å². The number of aliphatic hydroxyl groups is 1. The van der Waals surface area contributed by atoms with Crippen molar-refractivity contribution in [1.82, 2.24) is 14.9 Å². The Bertz CT molecular complexity index is 536. The van der Waals surface area contributed by atoms with Gasteiger partial charge in [0.05, 0.1) is 17.6 Å². The number of aryl methyl sites for hydroxylation is 1. The van der Waals surface area contributed by atoms with E-state index in [-0.39, 0.29) is 0 Å². The van der Waals surface area contributed by atoms with E-state index in [1.54, 1.807) is 0 Å². The van der Waals surface area contributed by atoms with Crippen molar-refractivity contribution in [3.63, 3.8) is 0 Å². The van der Waals surface area contributed by atoms with Crippen LogP contribution in [0.3, 0.4) is 0 Å². The van der Waals surface area contributed by atoms with E-state index in [1.165, 1.54) is 11.9 Å². The number of benzene rings is 1. The number of fused-ring (bicyclic) bond motifs is 1. The van der Waals surface area contributed by atoms with E-state index in [2.05, 4.69) is 35.0 Å². The van der Waals surface area contributed by atoms with Crippen LogP contribution in [0.15, 0.2) is 24.3 Å². The molecule has 0 saturated carbocycles. The lowest BCUT2D eigenvalue weighted by Crippen LogP contribution is -2.18. The monoisotopic (exact) mass is 289 g/mol. The lowest BCUT2D eigenvalue weighted by Gasteiger charge is -2.08. The van der Waals surface area contributed by atoms with Gasteiger partial charge in [-0.25, -0.2) is 4.98 Å². The predicted octanol–water partition coefficient (Wildman–Crippen LogP) is 3.09. The fourth-order valence-corrected chi connectivity index (χ4v) is 2.65. The number of nitrogens with one attached hydrogen (secondary N) is 1. The molecule has 0 saturated heterocycles. The van der Waals surface area contributed by atoms with Crippen LogP contribution in [-0.2, 0) is 13.1 Å². The van der Waals surface area contributed by atoms with Gasteiger partial charge in [0.1, 0.15) is 5.82 Å². The van der Waals surface area contributed by atoms with Gasteiger partial charge < -0.3 is 15.0 Å². The van der Waals surface area contributed by atoms with Gasteiger partial charge in [-0.1, -0.05) is 31.9 Å². The Kier molecular flexibility index (Phi) is 6.70. The van der Waals surface area contributed by atoms with Crippen molar-refractivity contribution in [3.8, 4) is 0 Å². The van der Waals surface area contributed by atoms with Crippen molar-refractivity contribution < 1.29 is 5.11 Å². The first-order valence-corrected chi connectivity index (χ1v) is 8.12. The molecular formula is C17H27N3O. The van der Waals surface area contributed by atoms with Crippen molar-refractivity contribution >= 4 is 11.0 Å². The molecule has 21 heavy (non-hydrogen) atoms. The van der Waals surface area contributed by atoms with Gasteiger partial charge in [-0.05, 0) is 37.9 Å². The summed E-state index contributed by atoms with van der Waals surface area (Å²) in [6, 6.07) is 8.36. The summed E-state index contributed by atoms with van der Waals surface area (Å²) in [6.45, 7) is 5.38.